The Balaban J connectivity index is 0. The molecule has 0 atom stereocenters. The van der Waals surface area contributed by atoms with Gasteiger partial charge >= 0.3 is 0 Å². The van der Waals surface area contributed by atoms with Crippen LogP contribution in [0.4, 0.5) is 0 Å². The van der Waals surface area contributed by atoms with Crippen LogP contribution in [0.25, 0.3) is 0 Å². The zero-order valence-electron chi connectivity index (χ0n) is 17.1. The molecule has 0 aromatic heterocycles. The molecule has 0 heterocycles. The molecule has 0 aromatic carbocycles. The van der Waals surface area contributed by atoms with Crippen molar-refractivity contribution in [3.63, 3.8) is 0 Å². The number of nitrogens with zero attached hydrogens (tertiary/aromatic N) is 2. The van der Waals surface area contributed by atoms with Gasteiger partial charge in [-0.1, -0.05) is 32.9 Å². The summed E-state index contributed by atoms with van der Waals surface area (Å²) in [6.45, 7) is 25.2. The van der Waals surface area contributed by atoms with E-state index in [1.807, 2.05) is 0 Å². The standard InChI is InChI=1S/C15H21NO3.C6H7NO2/c1-11(2)13(5)17-8-15(7,19-10-16)9-18-14(6)12(3)4;1-5(2)6(9)3-7-4-8/h1,3,5-6,8-9H2,2,4,7H3;1,3H2,2H3. The van der Waals surface area contributed by atoms with Crippen molar-refractivity contribution in [3.8, 4) is 6.26 Å². The van der Waals surface area contributed by atoms with E-state index in [1.165, 1.54) is 6.08 Å². The van der Waals surface area contributed by atoms with Gasteiger partial charge in [0.05, 0.1) is 0 Å². The predicted molar refractivity (Wildman–Crippen MR) is 108 cm³/mol. The summed E-state index contributed by atoms with van der Waals surface area (Å²) >= 11 is 0. The van der Waals surface area contributed by atoms with Crippen molar-refractivity contribution in [2.45, 2.75) is 33.3 Å². The van der Waals surface area contributed by atoms with E-state index in [-0.39, 0.29) is 25.5 Å². The first-order valence-electron chi connectivity index (χ1n) is 8.14. The number of carbonyl (C=O) groups excluding carboxylic acids is 2. The fourth-order valence-corrected chi connectivity index (χ4v) is 1.18. The van der Waals surface area contributed by atoms with Crippen LogP contribution in [0.3, 0.4) is 0 Å². The minimum atomic E-state index is -0.925. The topological polar surface area (TPSA) is 98.0 Å². The van der Waals surface area contributed by atoms with Crippen molar-refractivity contribution in [1.29, 1.82) is 5.26 Å². The summed E-state index contributed by atoms with van der Waals surface area (Å²) in [4.78, 5) is 23.1. The van der Waals surface area contributed by atoms with Gasteiger partial charge in [-0.15, -0.1) is 0 Å². The number of Topliss-reactive ketones (excluding diaryl/α,β-unsaturated/α-hetero) is 1. The minimum Gasteiger partial charge on any atom is -0.490 e. The molecule has 0 N–H and O–H groups in total. The molecule has 7 nitrogen and oxygen atoms in total. The summed E-state index contributed by atoms with van der Waals surface area (Å²) in [6, 6.07) is 0. The van der Waals surface area contributed by atoms with Crippen LogP contribution >= 0.6 is 0 Å². The number of aliphatic imine (C=N–C) groups is 1. The van der Waals surface area contributed by atoms with Gasteiger partial charge < -0.3 is 14.2 Å². The quantitative estimate of drug-likeness (QED) is 0.125. The molecular weight excluding hydrogens is 360 g/mol. The Kier molecular flexibility index (Phi) is 13.2. The van der Waals surface area contributed by atoms with Crippen molar-refractivity contribution >= 4 is 11.9 Å². The second kappa shape index (κ2) is 13.8. The molecule has 0 unspecified atom stereocenters. The first-order valence-corrected chi connectivity index (χ1v) is 8.14. The van der Waals surface area contributed by atoms with E-state index in [1.54, 1.807) is 34.0 Å². The molecular formula is C21H28N2O5. The molecule has 0 saturated heterocycles. The average molecular weight is 388 g/mol. The van der Waals surface area contributed by atoms with Gasteiger partial charge in [-0.2, -0.15) is 10.3 Å². The van der Waals surface area contributed by atoms with E-state index in [2.05, 4.69) is 37.9 Å². The smallest absolute Gasteiger partial charge is 0.287 e. The van der Waals surface area contributed by atoms with Crippen molar-refractivity contribution < 1.29 is 23.8 Å². The van der Waals surface area contributed by atoms with Crippen molar-refractivity contribution in [2.24, 2.45) is 4.99 Å². The largest absolute Gasteiger partial charge is 0.490 e. The number of allylic oxidation sites excluding steroid dienone is 2. The molecule has 0 rings (SSSR count). The van der Waals surface area contributed by atoms with Crippen LogP contribution in [-0.4, -0.2) is 37.2 Å². The Morgan fingerprint density at radius 1 is 0.964 bits per heavy atom. The van der Waals surface area contributed by atoms with E-state index in [0.717, 1.165) is 0 Å². The fraction of sp³-hybridized carbons (Fsp3) is 0.381. The Labute approximate surface area is 167 Å². The number of ether oxygens (including phenoxy) is 3. The third-order valence-electron chi connectivity index (χ3n) is 3.11. The molecule has 0 spiro atoms. The summed E-state index contributed by atoms with van der Waals surface area (Å²) in [7, 11) is 0. The van der Waals surface area contributed by atoms with Gasteiger partial charge in [-0.05, 0) is 44.4 Å². The van der Waals surface area contributed by atoms with Crippen LogP contribution in [0.5, 0.6) is 0 Å². The lowest BCUT2D eigenvalue weighted by molar-refractivity contribution is -0.114. The molecule has 0 radical (unpaired) electrons. The zero-order valence-corrected chi connectivity index (χ0v) is 17.1. The van der Waals surface area contributed by atoms with Gasteiger partial charge in [0.1, 0.15) is 31.3 Å². The summed E-state index contributed by atoms with van der Waals surface area (Å²) in [5.41, 5.74) is 0.915. The number of rotatable bonds is 12. The van der Waals surface area contributed by atoms with Crippen LogP contribution in [-0.2, 0) is 23.8 Å². The highest BCUT2D eigenvalue weighted by Gasteiger charge is 2.29. The number of nitriles is 1. The van der Waals surface area contributed by atoms with Gasteiger partial charge in [0.15, 0.2) is 11.4 Å². The highest BCUT2D eigenvalue weighted by molar-refractivity contribution is 5.96. The van der Waals surface area contributed by atoms with Crippen LogP contribution in [0.2, 0.25) is 0 Å². The SMILES string of the molecule is C=C(C)C(=C)OCC(C)(COC(=C)C(=C)C)OC#N.C=C(C)C(=O)CN=C=O. The van der Waals surface area contributed by atoms with E-state index in [4.69, 9.17) is 19.5 Å². The molecule has 0 amide bonds. The summed E-state index contributed by atoms with van der Waals surface area (Å²) in [6.07, 6.45) is 2.92. The lowest BCUT2D eigenvalue weighted by Crippen LogP contribution is -2.38. The minimum absolute atomic E-state index is 0.121. The van der Waals surface area contributed by atoms with Crippen LogP contribution in [0, 0.1) is 11.5 Å². The summed E-state index contributed by atoms with van der Waals surface area (Å²) in [5.74, 6) is 0.677. The van der Waals surface area contributed by atoms with E-state index in [0.29, 0.717) is 28.2 Å². The molecule has 0 bridgehead atoms. The molecule has 0 aliphatic carbocycles. The molecule has 152 valence electrons. The molecule has 0 fully saturated rings. The maximum atomic E-state index is 10.5. The second-order valence-electron chi connectivity index (χ2n) is 6.24. The predicted octanol–water partition coefficient (Wildman–Crippen LogP) is 3.92. The van der Waals surface area contributed by atoms with Crippen LogP contribution in [0.15, 0.2) is 66.1 Å². The highest BCUT2D eigenvalue weighted by Crippen LogP contribution is 2.18. The van der Waals surface area contributed by atoms with Crippen LogP contribution < -0.4 is 0 Å². The Hall–Kier alpha value is -3.36. The zero-order chi connectivity index (χ0) is 22.3. The third-order valence-corrected chi connectivity index (χ3v) is 3.11. The van der Waals surface area contributed by atoms with E-state index in [9.17, 15) is 9.59 Å². The van der Waals surface area contributed by atoms with Crippen molar-refractivity contribution in [1.82, 2.24) is 0 Å². The van der Waals surface area contributed by atoms with Crippen LogP contribution in [0.1, 0.15) is 27.7 Å². The normalized spacial score (nSPS) is 9.25. The maximum absolute atomic E-state index is 10.5. The highest BCUT2D eigenvalue weighted by atomic mass is 16.6. The number of hydrogen-bond acceptors (Lipinski definition) is 7. The summed E-state index contributed by atoms with van der Waals surface area (Å²) < 4.78 is 15.8. The lowest BCUT2D eigenvalue weighted by Gasteiger charge is -2.27. The second-order valence-corrected chi connectivity index (χ2v) is 6.24. The molecule has 0 aliphatic rings. The lowest BCUT2D eigenvalue weighted by atomic mass is 10.1. The van der Waals surface area contributed by atoms with Gasteiger partial charge in [-0.3, -0.25) is 4.79 Å². The van der Waals surface area contributed by atoms with Gasteiger partial charge in [0.25, 0.3) is 6.26 Å². The molecule has 7 heteroatoms. The first-order chi connectivity index (χ1) is 12.9. The monoisotopic (exact) mass is 388 g/mol. The van der Waals surface area contributed by atoms with Crippen molar-refractivity contribution in [3.05, 3.63) is 61.1 Å². The van der Waals surface area contributed by atoms with Gasteiger partial charge in [0, 0.05) is 0 Å². The Morgan fingerprint density at radius 3 is 1.68 bits per heavy atom. The average Bonchev–Trinajstić information content (AvgIpc) is 2.62. The molecule has 0 aliphatic heterocycles. The number of hydrogen-bond donors (Lipinski definition) is 0. The van der Waals surface area contributed by atoms with Crippen molar-refractivity contribution in [2.75, 3.05) is 19.8 Å². The Morgan fingerprint density at radius 2 is 1.39 bits per heavy atom. The molecule has 0 aromatic rings. The summed E-state index contributed by atoms with van der Waals surface area (Å²) in [5, 5.41) is 8.69. The number of isocyanates is 1. The third kappa shape index (κ3) is 12.9. The fourth-order valence-electron chi connectivity index (χ4n) is 1.18. The molecule has 28 heavy (non-hydrogen) atoms. The number of ketones is 1. The maximum Gasteiger partial charge on any atom is 0.287 e. The van der Waals surface area contributed by atoms with Gasteiger partial charge in [-0.25, -0.2) is 4.79 Å². The Bertz CT molecular complexity index is 692. The van der Waals surface area contributed by atoms with Gasteiger partial charge in [0.2, 0.25) is 6.08 Å². The first kappa shape index (κ1) is 26.9. The molecule has 0 saturated carbocycles. The number of carbonyl (C=O) groups is 1. The van der Waals surface area contributed by atoms with E-state index < -0.39 is 5.60 Å². The van der Waals surface area contributed by atoms with E-state index >= 15 is 0 Å².